The molecule has 0 amide bonds. The fraction of sp³-hybridized carbons (Fsp3) is 0.300. The van der Waals surface area contributed by atoms with Gasteiger partial charge in [0.1, 0.15) is 0 Å². The summed E-state index contributed by atoms with van der Waals surface area (Å²) in [7, 11) is 4.18. The van der Waals surface area contributed by atoms with Crippen molar-refractivity contribution in [2.45, 2.75) is 23.3 Å². The Hall–Kier alpha value is -1.23. The normalized spacial score (nSPS) is 24.6. The zero-order valence-corrected chi connectivity index (χ0v) is 16.3. The maximum Gasteiger partial charge on any atom is 0.0553 e. The maximum atomic E-state index is 3.81. The van der Waals surface area contributed by atoms with Crippen LogP contribution in [0.15, 0.2) is 64.0 Å². The van der Waals surface area contributed by atoms with Gasteiger partial charge >= 0.3 is 0 Å². The largest absolute Gasteiger partial charge is 0.378 e. The van der Waals surface area contributed by atoms with Crippen LogP contribution >= 0.6 is 27.9 Å². The van der Waals surface area contributed by atoms with Crippen LogP contribution in [0.2, 0.25) is 0 Å². The lowest BCUT2D eigenvalue weighted by Gasteiger charge is -2.37. The Morgan fingerprint density at radius 2 is 1.92 bits per heavy atom. The summed E-state index contributed by atoms with van der Waals surface area (Å²) in [6.45, 7) is 0. The summed E-state index contributed by atoms with van der Waals surface area (Å²) in [5.74, 6) is 1.11. The molecule has 124 valence electrons. The number of fused-ring (bicyclic) bond motifs is 3. The predicted molar refractivity (Wildman–Crippen MR) is 106 cm³/mol. The van der Waals surface area contributed by atoms with E-state index in [2.05, 4.69) is 94.3 Å². The number of nitrogens with one attached hydrogen (secondary N) is 1. The van der Waals surface area contributed by atoms with Crippen LogP contribution in [0.5, 0.6) is 0 Å². The van der Waals surface area contributed by atoms with E-state index in [4.69, 9.17) is 0 Å². The van der Waals surface area contributed by atoms with Crippen molar-refractivity contribution in [3.8, 4) is 0 Å². The first-order chi connectivity index (χ1) is 11.6. The number of halogens is 1. The van der Waals surface area contributed by atoms with Gasteiger partial charge in [0.05, 0.1) is 6.04 Å². The molecule has 1 heterocycles. The number of benzene rings is 2. The van der Waals surface area contributed by atoms with E-state index in [-0.39, 0.29) is 0 Å². The first-order valence-corrected chi connectivity index (χ1v) is 9.86. The van der Waals surface area contributed by atoms with Gasteiger partial charge in [-0.1, -0.05) is 40.2 Å². The number of hydrogen-bond acceptors (Lipinski definition) is 3. The Bertz CT molecular complexity index is 770. The fourth-order valence-electron chi connectivity index (χ4n) is 3.84. The Balaban J connectivity index is 1.70. The summed E-state index contributed by atoms with van der Waals surface area (Å²) in [6.07, 6.45) is 5.90. The molecule has 24 heavy (non-hydrogen) atoms. The van der Waals surface area contributed by atoms with Crippen molar-refractivity contribution in [2.24, 2.45) is 5.92 Å². The third-order valence-corrected chi connectivity index (χ3v) is 6.21. The van der Waals surface area contributed by atoms with E-state index in [1.807, 2.05) is 0 Å². The topological polar surface area (TPSA) is 15.3 Å². The van der Waals surface area contributed by atoms with Gasteiger partial charge in [-0.15, -0.1) is 0 Å². The van der Waals surface area contributed by atoms with Crippen LogP contribution in [0, 0.1) is 5.92 Å². The van der Waals surface area contributed by atoms with Crippen molar-refractivity contribution < 1.29 is 0 Å². The molecule has 0 fully saturated rings. The van der Waals surface area contributed by atoms with Gasteiger partial charge in [0.2, 0.25) is 0 Å². The van der Waals surface area contributed by atoms with E-state index < -0.39 is 0 Å². The Kier molecular flexibility index (Phi) is 4.46. The van der Waals surface area contributed by atoms with Crippen LogP contribution in [0.3, 0.4) is 0 Å². The lowest BCUT2D eigenvalue weighted by atomic mass is 9.77. The molecule has 0 saturated heterocycles. The molecule has 1 aliphatic heterocycles. The molecule has 2 nitrogen and oxygen atoms in total. The Labute approximate surface area is 156 Å². The second-order valence-corrected chi connectivity index (χ2v) is 8.98. The van der Waals surface area contributed by atoms with E-state index in [1.165, 1.54) is 21.7 Å². The summed E-state index contributed by atoms with van der Waals surface area (Å²) in [6, 6.07) is 15.9. The quantitative estimate of drug-likeness (QED) is 0.514. The van der Waals surface area contributed by atoms with Crippen molar-refractivity contribution in [1.29, 1.82) is 0 Å². The Morgan fingerprint density at radius 3 is 2.67 bits per heavy atom. The SMILES string of the molecule is CN(C)Sc1ccc2c(c1)C1C=CCC1C(c1ccc(Br)cc1)N2. The third kappa shape index (κ3) is 3.03. The average molecular weight is 401 g/mol. The summed E-state index contributed by atoms with van der Waals surface area (Å²) in [5.41, 5.74) is 4.09. The molecule has 4 heteroatoms. The van der Waals surface area contributed by atoms with E-state index in [0.29, 0.717) is 17.9 Å². The number of allylic oxidation sites excluding steroid dienone is 2. The highest BCUT2D eigenvalue weighted by Crippen LogP contribution is 2.50. The second kappa shape index (κ2) is 6.58. The number of hydrogen-bond donors (Lipinski definition) is 1. The maximum absolute atomic E-state index is 3.81. The number of nitrogens with zero attached hydrogens (tertiary/aromatic N) is 1. The molecule has 0 aromatic heterocycles. The van der Waals surface area contributed by atoms with Crippen molar-refractivity contribution in [1.82, 2.24) is 4.31 Å². The zero-order valence-electron chi connectivity index (χ0n) is 13.9. The van der Waals surface area contributed by atoms with Gasteiger partial charge in [-0.3, -0.25) is 4.31 Å². The molecule has 2 aromatic rings. The van der Waals surface area contributed by atoms with Crippen LogP contribution in [0.1, 0.15) is 29.5 Å². The van der Waals surface area contributed by atoms with Crippen LogP contribution < -0.4 is 5.32 Å². The monoisotopic (exact) mass is 400 g/mol. The van der Waals surface area contributed by atoms with Gasteiger partial charge < -0.3 is 5.32 Å². The first kappa shape index (κ1) is 16.2. The minimum Gasteiger partial charge on any atom is -0.378 e. The van der Waals surface area contributed by atoms with E-state index in [1.54, 1.807) is 11.9 Å². The molecule has 0 saturated carbocycles. The van der Waals surface area contributed by atoms with Gasteiger partial charge in [0.25, 0.3) is 0 Å². The molecular formula is C20H21BrN2S. The van der Waals surface area contributed by atoms with Gasteiger partial charge in [0.15, 0.2) is 0 Å². The van der Waals surface area contributed by atoms with Gasteiger partial charge in [-0.25, -0.2) is 0 Å². The fourth-order valence-corrected chi connectivity index (χ4v) is 4.83. The zero-order chi connectivity index (χ0) is 16.7. The van der Waals surface area contributed by atoms with Crippen LogP contribution in [0.25, 0.3) is 0 Å². The van der Waals surface area contributed by atoms with Crippen molar-refractivity contribution in [2.75, 3.05) is 19.4 Å². The molecule has 3 unspecified atom stereocenters. The number of anilines is 1. The van der Waals surface area contributed by atoms with Crippen molar-refractivity contribution in [3.63, 3.8) is 0 Å². The smallest absolute Gasteiger partial charge is 0.0553 e. The van der Waals surface area contributed by atoms with Gasteiger partial charge in [-0.2, -0.15) is 0 Å². The summed E-state index contributed by atoms with van der Waals surface area (Å²) < 4.78 is 3.28. The third-order valence-electron chi connectivity index (χ3n) is 4.85. The van der Waals surface area contributed by atoms with E-state index in [0.717, 1.165) is 10.9 Å². The minimum absolute atomic E-state index is 0.373. The van der Waals surface area contributed by atoms with Gasteiger partial charge in [-0.05, 0) is 79.8 Å². The van der Waals surface area contributed by atoms with Crippen molar-refractivity contribution >= 4 is 33.6 Å². The second-order valence-electron chi connectivity index (χ2n) is 6.68. The molecule has 2 aromatic carbocycles. The van der Waals surface area contributed by atoms with Crippen LogP contribution in [-0.4, -0.2) is 18.4 Å². The molecule has 3 atom stereocenters. The van der Waals surface area contributed by atoms with Crippen LogP contribution in [0.4, 0.5) is 5.69 Å². The predicted octanol–water partition coefficient (Wildman–Crippen LogP) is 5.84. The Morgan fingerprint density at radius 1 is 1.12 bits per heavy atom. The van der Waals surface area contributed by atoms with Gasteiger partial charge in [0, 0.05) is 21.0 Å². The highest BCUT2D eigenvalue weighted by Gasteiger charge is 2.37. The highest BCUT2D eigenvalue weighted by molar-refractivity contribution is 9.10. The van der Waals surface area contributed by atoms with E-state index >= 15 is 0 Å². The lowest BCUT2D eigenvalue weighted by molar-refractivity contribution is 0.425. The summed E-state index contributed by atoms with van der Waals surface area (Å²) in [4.78, 5) is 1.31. The molecular weight excluding hydrogens is 380 g/mol. The number of rotatable bonds is 3. The molecule has 0 bridgehead atoms. The van der Waals surface area contributed by atoms with Crippen molar-refractivity contribution in [3.05, 3.63) is 70.2 Å². The molecule has 4 rings (SSSR count). The molecule has 0 radical (unpaired) electrons. The van der Waals surface area contributed by atoms with E-state index in [9.17, 15) is 0 Å². The summed E-state index contributed by atoms with van der Waals surface area (Å²) in [5, 5.41) is 3.81. The summed E-state index contributed by atoms with van der Waals surface area (Å²) >= 11 is 5.32. The highest BCUT2D eigenvalue weighted by atomic mass is 79.9. The minimum atomic E-state index is 0.373. The molecule has 0 spiro atoms. The molecule has 1 N–H and O–H groups in total. The molecule has 2 aliphatic rings. The standard InChI is InChI=1S/C20H21BrN2S/c1-23(2)24-15-10-11-19-18(12-15)16-4-3-5-17(16)20(22-19)13-6-8-14(21)9-7-13/h3-4,6-12,16-17,20,22H,5H2,1-2H3. The van der Waals surface area contributed by atoms with Crippen LogP contribution in [-0.2, 0) is 0 Å². The first-order valence-electron chi connectivity index (χ1n) is 8.30. The lowest BCUT2D eigenvalue weighted by Crippen LogP contribution is -2.29. The average Bonchev–Trinajstić information content (AvgIpc) is 3.04. The molecule has 1 aliphatic carbocycles.